The molecule has 6 nitrogen and oxygen atoms in total. The van der Waals surface area contributed by atoms with Gasteiger partial charge < -0.3 is 14.2 Å². The van der Waals surface area contributed by atoms with E-state index in [-0.39, 0.29) is 17.4 Å². The maximum Gasteiger partial charge on any atom is 0.233 e. The highest BCUT2D eigenvalue weighted by Gasteiger charge is 2.16. The molecule has 0 spiro atoms. The van der Waals surface area contributed by atoms with Crippen LogP contribution in [0.1, 0.15) is 12.5 Å². The number of benzene rings is 2. The Morgan fingerprint density at radius 2 is 1.97 bits per heavy atom. The summed E-state index contributed by atoms with van der Waals surface area (Å²) in [5.41, 5.74) is 1.69. The van der Waals surface area contributed by atoms with Crippen molar-refractivity contribution in [1.29, 1.82) is 0 Å². The largest absolute Gasteiger partial charge is 0.494 e. The van der Waals surface area contributed by atoms with Crippen molar-refractivity contribution < 1.29 is 13.9 Å². The zero-order valence-electron chi connectivity index (χ0n) is 16.6. The maximum atomic E-state index is 13.8. The predicted octanol–water partition coefficient (Wildman–Crippen LogP) is 3.86. The molecule has 0 atom stereocenters. The minimum absolute atomic E-state index is 0.0712. The number of thioether (sulfide) groups is 1. The van der Waals surface area contributed by atoms with Crippen LogP contribution in [0.2, 0.25) is 0 Å². The molecule has 0 N–H and O–H groups in total. The van der Waals surface area contributed by atoms with E-state index in [2.05, 4.69) is 10.2 Å². The molecule has 0 aliphatic carbocycles. The van der Waals surface area contributed by atoms with Gasteiger partial charge in [0.15, 0.2) is 22.5 Å². The third-order valence-electron chi connectivity index (χ3n) is 4.45. The number of halogens is 1. The highest BCUT2D eigenvalue weighted by Crippen LogP contribution is 2.24. The number of carbonyl (C=O) groups excluding carboxylic acids is 1. The molecule has 2 aromatic carbocycles. The van der Waals surface area contributed by atoms with Gasteiger partial charge in [0.25, 0.3) is 0 Å². The summed E-state index contributed by atoms with van der Waals surface area (Å²) in [6.07, 6.45) is 0. The number of hydrogen-bond acceptors (Lipinski definition) is 5. The Hall–Kier alpha value is -2.87. The average molecular weight is 415 g/mol. The minimum atomic E-state index is -0.440. The van der Waals surface area contributed by atoms with Crippen molar-refractivity contribution in [2.75, 3.05) is 19.9 Å². The Morgan fingerprint density at radius 1 is 1.21 bits per heavy atom. The van der Waals surface area contributed by atoms with Gasteiger partial charge in [0.2, 0.25) is 5.91 Å². The van der Waals surface area contributed by atoms with Crippen LogP contribution >= 0.6 is 11.8 Å². The summed E-state index contributed by atoms with van der Waals surface area (Å²) in [4.78, 5) is 14.1. The Labute approximate surface area is 173 Å². The number of methoxy groups -OCH3 is 1. The molecule has 0 bridgehead atoms. The fourth-order valence-corrected chi connectivity index (χ4v) is 3.83. The van der Waals surface area contributed by atoms with Crippen LogP contribution in [0, 0.1) is 5.82 Å². The summed E-state index contributed by atoms with van der Waals surface area (Å²) in [5.74, 6) is 0.682. The molecule has 0 aliphatic heterocycles. The first kappa shape index (κ1) is 20.9. The maximum absolute atomic E-state index is 13.8. The molecule has 0 saturated carbocycles. The van der Waals surface area contributed by atoms with Gasteiger partial charge in [-0.25, -0.2) is 4.39 Å². The first-order valence-electron chi connectivity index (χ1n) is 9.21. The van der Waals surface area contributed by atoms with Gasteiger partial charge in [-0.3, -0.25) is 4.79 Å². The van der Waals surface area contributed by atoms with Gasteiger partial charge in [-0.2, -0.15) is 0 Å². The second kappa shape index (κ2) is 9.56. The third kappa shape index (κ3) is 4.95. The number of aromatic nitrogens is 3. The molecule has 0 radical (unpaired) electrons. The molecule has 152 valence electrons. The van der Waals surface area contributed by atoms with E-state index in [0.29, 0.717) is 23.8 Å². The minimum Gasteiger partial charge on any atom is -0.494 e. The van der Waals surface area contributed by atoms with Crippen LogP contribution in [0.4, 0.5) is 4.39 Å². The van der Waals surface area contributed by atoms with E-state index in [9.17, 15) is 9.18 Å². The monoisotopic (exact) mass is 414 g/mol. The number of carbonyl (C=O) groups is 1. The van der Waals surface area contributed by atoms with Crippen molar-refractivity contribution >= 4 is 17.7 Å². The second-order valence-corrected chi connectivity index (χ2v) is 7.37. The van der Waals surface area contributed by atoms with Crippen LogP contribution in [0.5, 0.6) is 5.75 Å². The molecule has 0 fully saturated rings. The average Bonchev–Trinajstić information content (AvgIpc) is 3.15. The molecule has 1 aromatic heterocycles. The molecule has 0 saturated heterocycles. The SMILES string of the molecule is CCn1c(SCC(=O)N(C)Cc2ccc(OC)c(F)c2)nnc1-c1ccccc1. The molecule has 29 heavy (non-hydrogen) atoms. The highest BCUT2D eigenvalue weighted by molar-refractivity contribution is 7.99. The lowest BCUT2D eigenvalue weighted by Gasteiger charge is -2.17. The number of nitrogens with zero attached hydrogens (tertiary/aromatic N) is 4. The summed E-state index contributed by atoms with van der Waals surface area (Å²) in [6, 6.07) is 14.5. The quantitative estimate of drug-likeness (QED) is 0.524. The Bertz CT molecular complexity index is 978. The molecule has 1 amide bonds. The first-order chi connectivity index (χ1) is 14.0. The standard InChI is InChI=1S/C21H23FN4O2S/c1-4-26-20(16-8-6-5-7-9-16)23-24-21(26)29-14-19(27)25(2)13-15-10-11-18(28-3)17(22)12-15/h5-12H,4,13-14H2,1-3H3. The first-order valence-corrected chi connectivity index (χ1v) is 10.2. The van der Waals surface area contributed by atoms with Crippen LogP contribution in [-0.2, 0) is 17.9 Å². The van der Waals surface area contributed by atoms with E-state index in [1.807, 2.05) is 41.8 Å². The summed E-state index contributed by atoms with van der Waals surface area (Å²) < 4.78 is 20.8. The zero-order chi connectivity index (χ0) is 20.8. The van der Waals surface area contributed by atoms with E-state index in [4.69, 9.17) is 4.74 Å². The molecule has 1 heterocycles. The molecular formula is C21H23FN4O2S. The van der Waals surface area contributed by atoms with Gasteiger partial charge in [0, 0.05) is 25.7 Å². The van der Waals surface area contributed by atoms with Crippen LogP contribution in [-0.4, -0.2) is 45.5 Å². The molecule has 3 rings (SSSR count). The van der Waals surface area contributed by atoms with Crippen LogP contribution in [0.3, 0.4) is 0 Å². The zero-order valence-corrected chi connectivity index (χ0v) is 17.4. The molecule has 0 unspecified atom stereocenters. The van der Waals surface area contributed by atoms with Gasteiger partial charge in [0.1, 0.15) is 0 Å². The fourth-order valence-electron chi connectivity index (χ4n) is 2.89. The van der Waals surface area contributed by atoms with Gasteiger partial charge in [-0.05, 0) is 24.6 Å². The summed E-state index contributed by atoms with van der Waals surface area (Å²) in [5, 5.41) is 9.24. The van der Waals surface area contributed by atoms with Crippen molar-refractivity contribution in [2.45, 2.75) is 25.2 Å². The van der Waals surface area contributed by atoms with Crippen molar-refractivity contribution in [2.24, 2.45) is 0 Å². The van der Waals surface area contributed by atoms with Crippen LogP contribution in [0.15, 0.2) is 53.7 Å². The fraction of sp³-hybridized carbons (Fsp3) is 0.286. The molecule has 0 aliphatic rings. The Kier molecular flexibility index (Phi) is 6.87. The van der Waals surface area contributed by atoms with Crippen molar-refractivity contribution in [1.82, 2.24) is 19.7 Å². The molecule has 8 heteroatoms. The second-order valence-electron chi connectivity index (χ2n) is 6.42. The van der Waals surface area contributed by atoms with E-state index >= 15 is 0 Å². The normalized spacial score (nSPS) is 10.8. The smallest absolute Gasteiger partial charge is 0.233 e. The lowest BCUT2D eigenvalue weighted by Crippen LogP contribution is -2.28. The molecular weight excluding hydrogens is 391 g/mol. The topological polar surface area (TPSA) is 60.2 Å². The third-order valence-corrected chi connectivity index (χ3v) is 5.40. The number of ether oxygens (including phenoxy) is 1. The van der Waals surface area contributed by atoms with E-state index in [1.54, 1.807) is 24.1 Å². The van der Waals surface area contributed by atoms with Crippen molar-refractivity contribution in [3.63, 3.8) is 0 Å². The number of amides is 1. The predicted molar refractivity (Wildman–Crippen MR) is 111 cm³/mol. The number of hydrogen-bond donors (Lipinski definition) is 0. The highest BCUT2D eigenvalue weighted by atomic mass is 32.2. The van der Waals surface area contributed by atoms with Gasteiger partial charge in [-0.1, -0.05) is 48.2 Å². The van der Waals surface area contributed by atoms with E-state index in [1.165, 1.54) is 24.9 Å². The van der Waals surface area contributed by atoms with Crippen LogP contribution in [0.25, 0.3) is 11.4 Å². The summed E-state index contributed by atoms with van der Waals surface area (Å²) >= 11 is 1.35. The molecule has 3 aromatic rings. The lowest BCUT2D eigenvalue weighted by molar-refractivity contribution is -0.127. The van der Waals surface area contributed by atoms with E-state index < -0.39 is 5.82 Å². The van der Waals surface area contributed by atoms with Crippen LogP contribution < -0.4 is 4.74 Å². The lowest BCUT2D eigenvalue weighted by atomic mass is 10.2. The Morgan fingerprint density at radius 3 is 2.62 bits per heavy atom. The van der Waals surface area contributed by atoms with Crippen molar-refractivity contribution in [3.8, 4) is 17.1 Å². The van der Waals surface area contributed by atoms with Gasteiger partial charge >= 0.3 is 0 Å². The van der Waals surface area contributed by atoms with Gasteiger partial charge in [0.05, 0.1) is 12.9 Å². The van der Waals surface area contributed by atoms with Crippen molar-refractivity contribution in [3.05, 3.63) is 59.9 Å². The summed E-state index contributed by atoms with van der Waals surface area (Å²) in [7, 11) is 3.12. The summed E-state index contributed by atoms with van der Waals surface area (Å²) in [6.45, 7) is 3.04. The van der Waals surface area contributed by atoms with Gasteiger partial charge in [-0.15, -0.1) is 10.2 Å². The number of rotatable bonds is 8. The Balaban J connectivity index is 1.63. The van der Waals surface area contributed by atoms with E-state index in [0.717, 1.165) is 11.4 Å².